The molecule has 0 bridgehead atoms. The lowest BCUT2D eigenvalue weighted by atomic mass is 9.90. The zero-order chi connectivity index (χ0) is 20.7. The molecule has 5 N–H and O–H groups in total. The van der Waals surface area contributed by atoms with Gasteiger partial charge in [-0.25, -0.2) is 4.79 Å². The number of benzene rings is 2. The number of rotatable bonds is 7. The van der Waals surface area contributed by atoms with Crippen LogP contribution in [0.2, 0.25) is 0 Å². The van der Waals surface area contributed by atoms with Gasteiger partial charge in [-0.3, -0.25) is 4.79 Å². The van der Waals surface area contributed by atoms with Crippen molar-refractivity contribution in [1.29, 1.82) is 0 Å². The Hall–Kier alpha value is -2.86. The fraction of sp³-hybridized carbons (Fsp3) is 0.364. The van der Waals surface area contributed by atoms with E-state index >= 15 is 0 Å². The summed E-state index contributed by atoms with van der Waals surface area (Å²) >= 11 is 0. The number of anilines is 2. The molecule has 0 aliphatic heterocycles. The molecule has 2 aromatic rings. The molecule has 0 radical (unpaired) electrons. The molecule has 0 aliphatic carbocycles. The summed E-state index contributed by atoms with van der Waals surface area (Å²) in [4.78, 5) is 25.0. The van der Waals surface area contributed by atoms with E-state index < -0.39 is 5.54 Å². The smallest absolute Gasteiger partial charge is 0.323 e. The summed E-state index contributed by atoms with van der Waals surface area (Å²) in [6.07, 6.45) is 0.783. The monoisotopic (exact) mass is 382 g/mol. The molecule has 0 fully saturated rings. The fourth-order valence-corrected chi connectivity index (χ4v) is 3.14. The molecule has 2 rings (SSSR count). The van der Waals surface area contributed by atoms with E-state index in [9.17, 15) is 9.59 Å². The molecule has 0 saturated carbocycles. The molecule has 150 valence electrons. The molecular weight excluding hydrogens is 352 g/mol. The molecule has 2 aromatic carbocycles. The minimum absolute atomic E-state index is 0.208. The Bertz CT molecular complexity index is 821. The highest BCUT2D eigenvalue weighted by molar-refractivity contribution is 6.02. The first-order valence-electron chi connectivity index (χ1n) is 9.49. The van der Waals surface area contributed by atoms with Crippen molar-refractivity contribution >= 4 is 23.3 Å². The van der Waals surface area contributed by atoms with Crippen LogP contribution in [-0.4, -0.2) is 24.0 Å². The second-order valence-corrected chi connectivity index (χ2v) is 7.79. The molecule has 6 nitrogen and oxygen atoms in total. The van der Waals surface area contributed by atoms with Gasteiger partial charge in [-0.15, -0.1) is 0 Å². The molecule has 3 amide bonds. The van der Waals surface area contributed by atoms with Crippen LogP contribution in [0.5, 0.6) is 0 Å². The highest BCUT2D eigenvalue weighted by Crippen LogP contribution is 2.20. The van der Waals surface area contributed by atoms with Crippen molar-refractivity contribution in [3.05, 3.63) is 59.7 Å². The van der Waals surface area contributed by atoms with Crippen LogP contribution in [-0.2, 0) is 0 Å². The summed E-state index contributed by atoms with van der Waals surface area (Å²) in [6.45, 7) is 8.38. The molecule has 0 saturated heterocycles. The molecule has 0 heterocycles. The number of nitrogens with one attached hydrogen (secondary N) is 3. The number of hydrogen-bond acceptors (Lipinski definition) is 3. The third kappa shape index (κ3) is 6.09. The van der Waals surface area contributed by atoms with E-state index in [2.05, 4.69) is 29.8 Å². The predicted molar refractivity (Wildman–Crippen MR) is 115 cm³/mol. The minimum atomic E-state index is -0.478. The van der Waals surface area contributed by atoms with E-state index in [0.717, 1.165) is 12.0 Å². The highest BCUT2D eigenvalue weighted by atomic mass is 16.2. The van der Waals surface area contributed by atoms with Crippen molar-refractivity contribution in [2.75, 3.05) is 17.2 Å². The standard InChI is InChI=1S/C22H30N4O2/c1-15(2)13-22(4,14-23)26-20(27)17-11-10-16(3)19(12-17)25-21(28)24-18-8-6-5-7-9-18/h5-12,15H,13-14,23H2,1-4H3,(H,26,27)(H2,24,25,28). The van der Waals surface area contributed by atoms with Crippen LogP contribution in [0.15, 0.2) is 48.5 Å². The Morgan fingerprint density at radius 1 is 1.07 bits per heavy atom. The number of hydrogen-bond donors (Lipinski definition) is 4. The van der Waals surface area contributed by atoms with Crippen LogP contribution < -0.4 is 21.7 Å². The fourth-order valence-electron chi connectivity index (χ4n) is 3.14. The topological polar surface area (TPSA) is 96.2 Å². The summed E-state index contributed by atoms with van der Waals surface area (Å²) in [5.74, 6) is 0.200. The Labute approximate surface area is 166 Å². The molecule has 28 heavy (non-hydrogen) atoms. The molecule has 0 spiro atoms. The van der Waals surface area contributed by atoms with Gasteiger partial charge >= 0.3 is 6.03 Å². The van der Waals surface area contributed by atoms with E-state index in [1.165, 1.54) is 0 Å². The first-order chi connectivity index (χ1) is 13.2. The van der Waals surface area contributed by atoms with E-state index in [4.69, 9.17) is 5.73 Å². The van der Waals surface area contributed by atoms with Crippen molar-refractivity contribution in [1.82, 2.24) is 5.32 Å². The summed E-state index contributed by atoms with van der Waals surface area (Å²) in [6, 6.07) is 14.1. The van der Waals surface area contributed by atoms with Crippen molar-refractivity contribution in [2.45, 2.75) is 39.7 Å². The maximum atomic E-state index is 12.7. The van der Waals surface area contributed by atoms with Crippen molar-refractivity contribution < 1.29 is 9.59 Å². The highest BCUT2D eigenvalue weighted by Gasteiger charge is 2.26. The average molecular weight is 383 g/mol. The largest absolute Gasteiger partial charge is 0.346 e. The maximum Gasteiger partial charge on any atom is 0.323 e. The Morgan fingerprint density at radius 3 is 2.36 bits per heavy atom. The molecule has 0 aromatic heterocycles. The third-order valence-corrected chi connectivity index (χ3v) is 4.50. The normalized spacial score (nSPS) is 12.9. The van der Waals surface area contributed by atoms with Crippen molar-refractivity contribution in [3.8, 4) is 0 Å². The molecule has 1 unspecified atom stereocenters. The number of carbonyl (C=O) groups excluding carboxylic acids is 2. The Balaban J connectivity index is 2.11. The Kier molecular flexibility index (Phi) is 7.18. The average Bonchev–Trinajstić information content (AvgIpc) is 2.63. The molecule has 6 heteroatoms. The summed E-state index contributed by atoms with van der Waals surface area (Å²) in [7, 11) is 0. The van der Waals surface area contributed by atoms with Gasteiger partial charge in [0.05, 0.1) is 0 Å². The van der Waals surface area contributed by atoms with Gasteiger partial charge in [0.15, 0.2) is 0 Å². The molecule has 1 atom stereocenters. The van der Waals surface area contributed by atoms with Gasteiger partial charge in [0.2, 0.25) is 0 Å². The predicted octanol–water partition coefficient (Wildman–Crippen LogP) is 4.13. The second kappa shape index (κ2) is 9.37. The van der Waals surface area contributed by atoms with E-state index in [-0.39, 0.29) is 11.9 Å². The van der Waals surface area contributed by atoms with Crippen molar-refractivity contribution in [2.24, 2.45) is 11.7 Å². The van der Waals surface area contributed by atoms with Crippen LogP contribution in [0.25, 0.3) is 0 Å². The lowest BCUT2D eigenvalue weighted by Gasteiger charge is -2.31. The lowest BCUT2D eigenvalue weighted by Crippen LogP contribution is -2.52. The minimum Gasteiger partial charge on any atom is -0.346 e. The Morgan fingerprint density at radius 2 is 1.75 bits per heavy atom. The van der Waals surface area contributed by atoms with Crippen molar-refractivity contribution in [3.63, 3.8) is 0 Å². The van der Waals surface area contributed by atoms with Gasteiger partial charge in [-0.1, -0.05) is 38.1 Å². The number of para-hydroxylation sites is 1. The maximum absolute atomic E-state index is 12.7. The van der Waals surface area contributed by atoms with E-state index in [1.807, 2.05) is 38.1 Å². The summed E-state index contributed by atoms with van der Waals surface area (Å²) in [5, 5.41) is 8.61. The quantitative estimate of drug-likeness (QED) is 0.580. The number of carbonyl (C=O) groups is 2. The van der Waals surface area contributed by atoms with Gasteiger partial charge in [0.1, 0.15) is 0 Å². The summed E-state index contributed by atoms with van der Waals surface area (Å²) < 4.78 is 0. The van der Waals surface area contributed by atoms with Crippen LogP contribution in [0.1, 0.15) is 43.1 Å². The SMILES string of the molecule is Cc1ccc(C(=O)NC(C)(CN)CC(C)C)cc1NC(=O)Nc1ccccc1. The third-order valence-electron chi connectivity index (χ3n) is 4.50. The number of nitrogens with two attached hydrogens (primary N) is 1. The van der Waals surface area contributed by atoms with Gasteiger partial charge in [-0.05, 0) is 56.0 Å². The number of aryl methyl sites for hydroxylation is 1. The first-order valence-corrected chi connectivity index (χ1v) is 9.49. The molecular formula is C22H30N4O2. The van der Waals surface area contributed by atoms with E-state index in [1.54, 1.807) is 24.3 Å². The summed E-state index contributed by atoms with van der Waals surface area (Å²) in [5.41, 5.74) is 8.03. The van der Waals surface area contributed by atoms with Crippen LogP contribution in [0.3, 0.4) is 0 Å². The van der Waals surface area contributed by atoms with E-state index in [0.29, 0.717) is 29.4 Å². The van der Waals surface area contributed by atoms with Gasteiger partial charge in [0.25, 0.3) is 5.91 Å². The van der Waals surface area contributed by atoms with Gasteiger partial charge < -0.3 is 21.7 Å². The van der Waals surface area contributed by atoms with Gasteiger partial charge in [0, 0.05) is 29.0 Å². The zero-order valence-corrected chi connectivity index (χ0v) is 17.0. The number of amides is 3. The van der Waals surface area contributed by atoms with Crippen LogP contribution >= 0.6 is 0 Å². The zero-order valence-electron chi connectivity index (χ0n) is 17.0. The first kappa shape index (κ1) is 21.4. The van der Waals surface area contributed by atoms with Crippen LogP contribution in [0, 0.1) is 12.8 Å². The second-order valence-electron chi connectivity index (χ2n) is 7.79. The lowest BCUT2D eigenvalue weighted by molar-refractivity contribution is 0.0898. The van der Waals surface area contributed by atoms with Crippen LogP contribution in [0.4, 0.5) is 16.2 Å². The van der Waals surface area contributed by atoms with Gasteiger partial charge in [-0.2, -0.15) is 0 Å². The molecule has 0 aliphatic rings. The number of urea groups is 1.